The van der Waals surface area contributed by atoms with Crippen LogP contribution in [0.5, 0.6) is 5.88 Å². The van der Waals surface area contributed by atoms with Crippen molar-refractivity contribution in [3.05, 3.63) is 11.8 Å². The summed E-state index contributed by atoms with van der Waals surface area (Å²) >= 11 is 0. The van der Waals surface area contributed by atoms with Crippen LogP contribution in [0.2, 0.25) is 0 Å². The standard InChI is InChI=1S/C11H17N5O2/c1-8-6-10(18-7-9(17)15-12)14-11(13-8)16-4-2-3-5-16/h6H,2-5,7,12H2,1H3,(H,15,17). The minimum Gasteiger partial charge on any atom is -0.467 e. The Balaban J connectivity index is 2.08. The molecule has 0 spiro atoms. The molecule has 2 rings (SSSR count). The van der Waals surface area contributed by atoms with Crippen LogP contribution >= 0.6 is 0 Å². The molecule has 1 amide bonds. The first-order valence-electron chi connectivity index (χ1n) is 5.92. The van der Waals surface area contributed by atoms with Crippen molar-refractivity contribution < 1.29 is 9.53 Å². The summed E-state index contributed by atoms with van der Waals surface area (Å²) in [6.45, 7) is 3.65. The van der Waals surface area contributed by atoms with Gasteiger partial charge in [-0.2, -0.15) is 4.98 Å². The normalized spacial score (nSPS) is 14.7. The van der Waals surface area contributed by atoms with Gasteiger partial charge in [0.2, 0.25) is 11.8 Å². The first-order chi connectivity index (χ1) is 8.69. The minimum atomic E-state index is -0.394. The van der Waals surface area contributed by atoms with Crippen LogP contribution in [0.1, 0.15) is 18.5 Å². The minimum absolute atomic E-state index is 0.146. The van der Waals surface area contributed by atoms with Crippen LogP contribution in [-0.4, -0.2) is 35.6 Å². The summed E-state index contributed by atoms with van der Waals surface area (Å²) < 4.78 is 5.27. The number of carbonyl (C=O) groups is 1. The molecule has 98 valence electrons. The number of nitrogens with zero attached hydrogens (tertiary/aromatic N) is 3. The highest BCUT2D eigenvalue weighted by Crippen LogP contribution is 2.19. The van der Waals surface area contributed by atoms with Crippen molar-refractivity contribution in [3.8, 4) is 5.88 Å². The van der Waals surface area contributed by atoms with E-state index in [9.17, 15) is 4.79 Å². The number of rotatable bonds is 4. The van der Waals surface area contributed by atoms with Crippen molar-refractivity contribution in [2.75, 3.05) is 24.6 Å². The third-order valence-corrected chi connectivity index (χ3v) is 2.72. The summed E-state index contributed by atoms with van der Waals surface area (Å²) in [5.74, 6) is 5.64. The lowest BCUT2D eigenvalue weighted by molar-refractivity contribution is -0.123. The first kappa shape index (κ1) is 12.6. The van der Waals surface area contributed by atoms with E-state index in [4.69, 9.17) is 10.6 Å². The lowest BCUT2D eigenvalue weighted by Crippen LogP contribution is -2.34. The largest absolute Gasteiger partial charge is 0.467 e. The summed E-state index contributed by atoms with van der Waals surface area (Å²) in [6, 6.07) is 1.70. The summed E-state index contributed by atoms with van der Waals surface area (Å²) in [5.41, 5.74) is 2.82. The summed E-state index contributed by atoms with van der Waals surface area (Å²) in [7, 11) is 0. The molecule has 1 aromatic rings. The molecule has 0 saturated carbocycles. The molecule has 1 fully saturated rings. The molecule has 0 radical (unpaired) electrons. The van der Waals surface area contributed by atoms with Gasteiger partial charge < -0.3 is 9.64 Å². The molecule has 1 aromatic heterocycles. The highest BCUT2D eigenvalue weighted by Gasteiger charge is 2.16. The number of hydrazine groups is 1. The number of ether oxygens (including phenoxy) is 1. The number of anilines is 1. The van der Waals surface area contributed by atoms with Gasteiger partial charge in [-0.25, -0.2) is 10.8 Å². The predicted molar refractivity (Wildman–Crippen MR) is 66.0 cm³/mol. The Morgan fingerprint density at radius 1 is 1.50 bits per heavy atom. The molecule has 0 aromatic carbocycles. The molecule has 18 heavy (non-hydrogen) atoms. The van der Waals surface area contributed by atoms with E-state index in [1.165, 1.54) is 0 Å². The Bertz CT molecular complexity index is 431. The van der Waals surface area contributed by atoms with Crippen LogP contribution in [0, 0.1) is 6.92 Å². The first-order valence-corrected chi connectivity index (χ1v) is 5.92. The number of amides is 1. The van der Waals surface area contributed by atoms with Gasteiger partial charge >= 0.3 is 0 Å². The Hall–Kier alpha value is -1.89. The van der Waals surface area contributed by atoms with Gasteiger partial charge in [-0.1, -0.05) is 0 Å². The molecule has 1 saturated heterocycles. The van der Waals surface area contributed by atoms with Crippen molar-refractivity contribution >= 4 is 11.9 Å². The van der Waals surface area contributed by atoms with Gasteiger partial charge in [-0.3, -0.25) is 10.2 Å². The number of aromatic nitrogens is 2. The van der Waals surface area contributed by atoms with Crippen LogP contribution in [0.15, 0.2) is 6.07 Å². The molecule has 7 nitrogen and oxygen atoms in total. The van der Waals surface area contributed by atoms with Crippen molar-refractivity contribution in [2.45, 2.75) is 19.8 Å². The predicted octanol–water partition coefficient (Wildman–Crippen LogP) is -0.246. The molecule has 1 aliphatic rings. The average Bonchev–Trinajstić information content (AvgIpc) is 2.89. The van der Waals surface area contributed by atoms with E-state index in [2.05, 4.69) is 14.9 Å². The van der Waals surface area contributed by atoms with Gasteiger partial charge in [0, 0.05) is 24.8 Å². The summed E-state index contributed by atoms with van der Waals surface area (Å²) in [4.78, 5) is 21.8. The second-order valence-corrected chi connectivity index (χ2v) is 4.20. The molecule has 0 aliphatic carbocycles. The smallest absolute Gasteiger partial charge is 0.271 e. The molecular weight excluding hydrogens is 234 g/mol. The molecule has 1 aliphatic heterocycles. The third kappa shape index (κ3) is 3.07. The van der Waals surface area contributed by atoms with Gasteiger partial charge in [0.25, 0.3) is 5.91 Å². The van der Waals surface area contributed by atoms with Crippen LogP contribution in [0.25, 0.3) is 0 Å². The Labute approximate surface area is 105 Å². The average molecular weight is 251 g/mol. The molecule has 0 unspecified atom stereocenters. The fraction of sp³-hybridized carbons (Fsp3) is 0.545. The zero-order valence-corrected chi connectivity index (χ0v) is 10.3. The maximum Gasteiger partial charge on any atom is 0.271 e. The van der Waals surface area contributed by atoms with Crippen LogP contribution < -0.4 is 20.9 Å². The van der Waals surface area contributed by atoms with Gasteiger partial charge in [0.05, 0.1) is 0 Å². The van der Waals surface area contributed by atoms with Crippen molar-refractivity contribution in [1.82, 2.24) is 15.4 Å². The number of nitrogens with two attached hydrogens (primary N) is 1. The van der Waals surface area contributed by atoms with E-state index in [1.54, 1.807) is 6.07 Å². The van der Waals surface area contributed by atoms with E-state index in [-0.39, 0.29) is 6.61 Å². The number of aryl methyl sites for hydroxylation is 1. The Morgan fingerprint density at radius 2 is 2.22 bits per heavy atom. The van der Waals surface area contributed by atoms with E-state index in [0.717, 1.165) is 31.6 Å². The Kier molecular flexibility index (Phi) is 3.93. The zero-order chi connectivity index (χ0) is 13.0. The molecule has 0 bridgehead atoms. The quantitative estimate of drug-likeness (QED) is 0.435. The van der Waals surface area contributed by atoms with E-state index in [0.29, 0.717) is 11.8 Å². The topological polar surface area (TPSA) is 93.4 Å². The van der Waals surface area contributed by atoms with Crippen LogP contribution in [-0.2, 0) is 4.79 Å². The van der Waals surface area contributed by atoms with Crippen LogP contribution in [0.3, 0.4) is 0 Å². The fourth-order valence-electron chi connectivity index (χ4n) is 1.84. The second-order valence-electron chi connectivity index (χ2n) is 4.20. The lowest BCUT2D eigenvalue weighted by atomic mass is 10.4. The van der Waals surface area contributed by atoms with Gasteiger partial charge in [-0.15, -0.1) is 0 Å². The fourth-order valence-corrected chi connectivity index (χ4v) is 1.84. The van der Waals surface area contributed by atoms with Crippen molar-refractivity contribution in [1.29, 1.82) is 0 Å². The maximum absolute atomic E-state index is 11.0. The number of hydrogen-bond donors (Lipinski definition) is 2. The lowest BCUT2D eigenvalue weighted by Gasteiger charge is -2.16. The number of carbonyl (C=O) groups excluding carboxylic acids is 1. The van der Waals surface area contributed by atoms with Crippen LogP contribution in [0.4, 0.5) is 5.95 Å². The number of nitrogens with one attached hydrogen (secondary N) is 1. The molecule has 0 atom stereocenters. The third-order valence-electron chi connectivity index (χ3n) is 2.72. The van der Waals surface area contributed by atoms with Gasteiger partial charge in [0.1, 0.15) is 0 Å². The van der Waals surface area contributed by atoms with Crippen molar-refractivity contribution in [2.24, 2.45) is 5.84 Å². The maximum atomic E-state index is 11.0. The number of hydrogen-bond acceptors (Lipinski definition) is 6. The van der Waals surface area contributed by atoms with E-state index >= 15 is 0 Å². The summed E-state index contributed by atoms with van der Waals surface area (Å²) in [6.07, 6.45) is 2.31. The molecular formula is C11H17N5O2. The summed E-state index contributed by atoms with van der Waals surface area (Å²) in [5, 5.41) is 0. The highest BCUT2D eigenvalue weighted by molar-refractivity contribution is 5.76. The van der Waals surface area contributed by atoms with Gasteiger partial charge in [0.15, 0.2) is 6.61 Å². The second kappa shape index (κ2) is 5.63. The van der Waals surface area contributed by atoms with Gasteiger partial charge in [-0.05, 0) is 19.8 Å². The van der Waals surface area contributed by atoms with Crippen molar-refractivity contribution in [3.63, 3.8) is 0 Å². The van der Waals surface area contributed by atoms with E-state index in [1.807, 2.05) is 12.3 Å². The molecule has 2 heterocycles. The zero-order valence-electron chi connectivity index (χ0n) is 10.3. The highest BCUT2D eigenvalue weighted by atomic mass is 16.5. The van der Waals surface area contributed by atoms with E-state index < -0.39 is 5.91 Å². The SMILES string of the molecule is Cc1cc(OCC(=O)NN)nc(N2CCCC2)n1. The molecule has 3 N–H and O–H groups in total. The Morgan fingerprint density at radius 3 is 2.89 bits per heavy atom. The monoisotopic (exact) mass is 251 g/mol. The molecule has 7 heteroatoms.